The highest BCUT2D eigenvalue weighted by molar-refractivity contribution is 7.89. The van der Waals surface area contributed by atoms with Crippen molar-refractivity contribution in [3.05, 3.63) is 60.0 Å². The van der Waals surface area contributed by atoms with Crippen LogP contribution in [0.2, 0.25) is 0 Å². The summed E-state index contributed by atoms with van der Waals surface area (Å²) in [6.07, 6.45) is 2.57. The van der Waals surface area contributed by atoms with Crippen molar-refractivity contribution in [3.63, 3.8) is 0 Å². The third kappa shape index (κ3) is 3.53. The van der Waals surface area contributed by atoms with E-state index in [4.69, 9.17) is 9.15 Å². The zero-order chi connectivity index (χ0) is 21.6. The second-order valence-electron chi connectivity index (χ2n) is 8.47. The van der Waals surface area contributed by atoms with Gasteiger partial charge in [0.15, 0.2) is 0 Å². The molecule has 1 unspecified atom stereocenters. The van der Waals surface area contributed by atoms with Gasteiger partial charge in [0.25, 0.3) is 0 Å². The number of benzene rings is 2. The van der Waals surface area contributed by atoms with Crippen LogP contribution in [0, 0.1) is 12.3 Å². The summed E-state index contributed by atoms with van der Waals surface area (Å²) >= 11 is 0. The first-order chi connectivity index (χ1) is 14.9. The Hall–Kier alpha value is -2.71. The molecule has 2 fully saturated rings. The molecule has 0 radical (unpaired) electrons. The molecule has 0 N–H and O–H groups in total. The topological polar surface area (TPSA) is 85.5 Å². The van der Waals surface area contributed by atoms with E-state index in [1.165, 1.54) is 0 Å². The summed E-state index contributed by atoms with van der Waals surface area (Å²) < 4.78 is 39.1. The summed E-state index contributed by atoms with van der Waals surface area (Å²) in [4.78, 5) is 0.348. The van der Waals surface area contributed by atoms with Crippen LogP contribution >= 0.6 is 0 Å². The minimum atomic E-state index is -3.53. The predicted molar refractivity (Wildman–Crippen MR) is 115 cm³/mol. The van der Waals surface area contributed by atoms with Gasteiger partial charge in [-0.3, -0.25) is 0 Å². The maximum absolute atomic E-state index is 13.2. The molecule has 162 valence electrons. The Morgan fingerprint density at radius 2 is 1.84 bits per heavy atom. The first-order valence-corrected chi connectivity index (χ1v) is 11.9. The highest BCUT2D eigenvalue weighted by Crippen LogP contribution is 2.64. The van der Waals surface area contributed by atoms with Crippen molar-refractivity contribution in [3.8, 4) is 17.2 Å². The van der Waals surface area contributed by atoms with Crippen molar-refractivity contribution >= 4 is 10.0 Å². The second-order valence-corrected chi connectivity index (χ2v) is 10.4. The zero-order valence-corrected chi connectivity index (χ0v) is 18.4. The predicted octanol–water partition coefficient (Wildman–Crippen LogP) is 4.01. The van der Waals surface area contributed by atoms with E-state index in [1.807, 2.05) is 30.3 Å². The van der Waals surface area contributed by atoms with Gasteiger partial charge >= 0.3 is 0 Å². The first-order valence-electron chi connectivity index (χ1n) is 10.5. The highest BCUT2D eigenvalue weighted by atomic mass is 32.2. The molecule has 0 amide bonds. The van der Waals surface area contributed by atoms with Gasteiger partial charge in [-0.15, -0.1) is 10.2 Å². The molecule has 3 aromatic rings. The van der Waals surface area contributed by atoms with Crippen molar-refractivity contribution in [2.75, 3.05) is 20.2 Å². The molecule has 2 aromatic carbocycles. The smallest absolute Gasteiger partial charge is 0.247 e. The molecule has 1 aliphatic carbocycles. The lowest BCUT2D eigenvalue weighted by molar-refractivity contribution is 0.246. The van der Waals surface area contributed by atoms with Gasteiger partial charge in [0.05, 0.1) is 12.0 Å². The monoisotopic (exact) mass is 439 g/mol. The quantitative estimate of drug-likeness (QED) is 0.597. The number of methoxy groups -OCH3 is 1. The number of ether oxygens (including phenoxy) is 1. The van der Waals surface area contributed by atoms with Gasteiger partial charge in [-0.25, -0.2) is 8.42 Å². The number of aromatic nitrogens is 2. The van der Waals surface area contributed by atoms with Crippen LogP contribution in [0.5, 0.6) is 5.75 Å². The molecular formula is C23H25N3O4S. The largest absolute Gasteiger partial charge is 0.497 e. The van der Waals surface area contributed by atoms with Crippen LogP contribution in [0.25, 0.3) is 11.5 Å². The standard InChI is InChI=1S/C23H25N3O4S/c1-16-14-18(29-2)8-9-20(16)31(27,28)26-12-10-23(11-13-26)15-19(23)22-25-24-21(30-22)17-6-4-3-5-7-17/h3-9,14,19H,10-13,15H2,1-2H3. The number of hydrogen-bond acceptors (Lipinski definition) is 6. The van der Waals surface area contributed by atoms with Crippen molar-refractivity contribution in [1.82, 2.24) is 14.5 Å². The SMILES string of the molecule is COc1ccc(S(=O)(=O)N2CCC3(CC2)CC3c2nnc(-c3ccccc3)o2)c(C)c1. The summed E-state index contributed by atoms with van der Waals surface area (Å²) in [7, 11) is -1.95. The molecule has 31 heavy (non-hydrogen) atoms. The number of aryl methyl sites for hydroxylation is 1. The van der Waals surface area contributed by atoms with E-state index in [0.29, 0.717) is 41.1 Å². The van der Waals surface area contributed by atoms with Gasteiger partial charge in [-0.2, -0.15) is 4.31 Å². The number of sulfonamides is 1. The minimum Gasteiger partial charge on any atom is -0.497 e. The van der Waals surface area contributed by atoms with Crippen LogP contribution in [0.1, 0.15) is 36.6 Å². The van der Waals surface area contributed by atoms with Gasteiger partial charge in [-0.1, -0.05) is 18.2 Å². The molecule has 1 aliphatic heterocycles. The fourth-order valence-corrected chi connectivity index (χ4v) is 6.32. The molecule has 1 spiro atoms. The Morgan fingerprint density at radius 1 is 1.10 bits per heavy atom. The van der Waals surface area contributed by atoms with Gasteiger partial charge in [0, 0.05) is 24.6 Å². The van der Waals surface area contributed by atoms with E-state index in [9.17, 15) is 8.42 Å². The van der Waals surface area contributed by atoms with Crippen LogP contribution in [0.4, 0.5) is 0 Å². The molecule has 1 saturated heterocycles. The summed E-state index contributed by atoms with van der Waals surface area (Å²) in [5.41, 5.74) is 1.68. The van der Waals surface area contributed by atoms with E-state index in [1.54, 1.807) is 36.5 Å². The first kappa shape index (κ1) is 20.2. The van der Waals surface area contributed by atoms with Crippen molar-refractivity contribution in [2.45, 2.75) is 37.0 Å². The molecule has 1 saturated carbocycles. The second kappa shape index (κ2) is 7.46. The number of piperidine rings is 1. The molecule has 0 bridgehead atoms. The van der Waals surface area contributed by atoms with E-state index < -0.39 is 10.0 Å². The average molecular weight is 440 g/mol. The van der Waals surface area contributed by atoms with E-state index in [-0.39, 0.29) is 11.3 Å². The van der Waals surface area contributed by atoms with Crippen LogP contribution in [0.15, 0.2) is 57.8 Å². The highest BCUT2D eigenvalue weighted by Gasteiger charge is 2.59. The zero-order valence-electron chi connectivity index (χ0n) is 17.6. The van der Waals surface area contributed by atoms with Gasteiger partial charge in [0.2, 0.25) is 21.8 Å². The fourth-order valence-electron chi connectivity index (χ4n) is 4.67. The van der Waals surface area contributed by atoms with Gasteiger partial charge in [-0.05, 0) is 67.5 Å². The molecule has 1 aromatic heterocycles. The number of nitrogens with zero attached hydrogens (tertiary/aromatic N) is 3. The maximum atomic E-state index is 13.2. The fraction of sp³-hybridized carbons (Fsp3) is 0.391. The molecule has 1 atom stereocenters. The molecule has 5 rings (SSSR count). The average Bonchev–Trinajstić information content (AvgIpc) is 3.25. The van der Waals surface area contributed by atoms with E-state index in [0.717, 1.165) is 24.8 Å². The van der Waals surface area contributed by atoms with Gasteiger partial charge < -0.3 is 9.15 Å². The normalized spacial score (nSPS) is 20.6. The lowest BCUT2D eigenvalue weighted by Crippen LogP contribution is -2.39. The summed E-state index contributed by atoms with van der Waals surface area (Å²) in [5, 5.41) is 8.50. The lowest BCUT2D eigenvalue weighted by Gasteiger charge is -2.32. The summed E-state index contributed by atoms with van der Waals surface area (Å²) in [5.74, 6) is 2.07. The Kier molecular flexibility index (Phi) is 4.86. The minimum absolute atomic E-state index is 0.0709. The Morgan fingerprint density at radius 3 is 2.52 bits per heavy atom. The van der Waals surface area contributed by atoms with Crippen molar-refractivity contribution < 1.29 is 17.6 Å². The van der Waals surface area contributed by atoms with Crippen LogP contribution < -0.4 is 4.74 Å². The third-order valence-electron chi connectivity index (χ3n) is 6.67. The number of hydrogen-bond donors (Lipinski definition) is 0. The number of rotatable bonds is 5. The summed E-state index contributed by atoms with van der Waals surface area (Å²) in [6, 6.07) is 14.8. The molecule has 7 nitrogen and oxygen atoms in total. The van der Waals surface area contributed by atoms with Crippen molar-refractivity contribution in [1.29, 1.82) is 0 Å². The van der Waals surface area contributed by atoms with E-state index in [2.05, 4.69) is 10.2 Å². The molecular weight excluding hydrogens is 414 g/mol. The van der Waals surface area contributed by atoms with E-state index >= 15 is 0 Å². The van der Waals surface area contributed by atoms with Crippen LogP contribution in [0.3, 0.4) is 0 Å². The van der Waals surface area contributed by atoms with Crippen LogP contribution in [-0.4, -0.2) is 43.1 Å². The lowest BCUT2D eigenvalue weighted by atomic mass is 9.92. The Balaban J connectivity index is 1.28. The summed E-state index contributed by atoms with van der Waals surface area (Å²) in [6.45, 7) is 2.81. The van der Waals surface area contributed by atoms with Crippen molar-refractivity contribution in [2.24, 2.45) is 5.41 Å². The Labute approximate surface area is 182 Å². The molecule has 2 heterocycles. The maximum Gasteiger partial charge on any atom is 0.247 e. The van der Waals surface area contributed by atoms with Gasteiger partial charge in [0.1, 0.15) is 5.75 Å². The Bertz CT molecular complexity index is 1200. The van der Waals surface area contributed by atoms with Crippen LogP contribution in [-0.2, 0) is 10.0 Å². The molecule has 8 heteroatoms. The molecule has 2 aliphatic rings. The third-order valence-corrected chi connectivity index (χ3v) is 8.73.